The number of nitrogens with one attached hydrogen (secondary N) is 1. The number of β-amino-alcohol motifs (C(OH)–C–C–N with tert-alkyl or cyclic N) is 1. The lowest BCUT2D eigenvalue weighted by molar-refractivity contribution is 0.0915. The molecule has 1 fully saturated rings. The average Bonchev–Trinajstić information content (AvgIpc) is 2.57. The van der Waals surface area contributed by atoms with Gasteiger partial charge in [0.25, 0.3) is 0 Å². The molecule has 2 rings (SSSR count). The molecule has 0 aromatic heterocycles. The Hall–Kier alpha value is -1.67. The molecule has 1 aromatic carbocycles. The molecule has 124 valence electrons. The largest absolute Gasteiger partial charge is 0.390 e. The molecule has 1 unspecified atom stereocenters. The third-order valence-electron chi connectivity index (χ3n) is 4.34. The van der Waals surface area contributed by atoms with Gasteiger partial charge in [-0.25, -0.2) is 0 Å². The van der Waals surface area contributed by atoms with Gasteiger partial charge >= 0.3 is 0 Å². The van der Waals surface area contributed by atoms with Crippen LogP contribution in [-0.4, -0.2) is 48.8 Å². The molecule has 1 aliphatic heterocycles. The van der Waals surface area contributed by atoms with E-state index in [-0.39, 0.29) is 6.10 Å². The van der Waals surface area contributed by atoms with Gasteiger partial charge < -0.3 is 15.3 Å². The van der Waals surface area contributed by atoms with Gasteiger partial charge in [0.2, 0.25) is 0 Å². The molecule has 1 aliphatic rings. The molecule has 0 bridgehead atoms. The number of hydrogen-bond acceptors (Lipinski definition) is 4. The smallest absolute Gasteiger partial charge is 0.0991 e. The summed E-state index contributed by atoms with van der Waals surface area (Å²) in [6.07, 6.45) is 6.23. The van der Waals surface area contributed by atoms with Crippen LogP contribution in [0.3, 0.4) is 0 Å². The van der Waals surface area contributed by atoms with Gasteiger partial charge in [-0.05, 0) is 49.5 Å². The Kier molecular flexibility index (Phi) is 7.28. The molecule has 0 aliphatic carbocycles. The number of likely N-dealkylation sites (tertiary alicyclic amines) is 1. The second-order valence-corrected chi connectivity index (χ2v) is 6.43. The first-order valence-corrected chi connectivity index (χ1v) is 8.45. The summed E-state index contributed by atoms with van der Waals surface area (Å²) in [5, 5.41) is 22.1. The Morgan fingerprint density at radius 3 is 2.70 bits per heavy atom. The number of hydrogen-bond donors (Lipinski definition) is 2. The maximum absolute atomic E-state index is 10.1. The van der Waals surface area contributed by atoms with Gasteiger partial charge in [0, 0.05) is 19.6 Å². The van der Waals surface area contributed by atoms with E-state index in [1.807, 2.05) is 36.4 Å². The predicted molar refractivity (Wildman–Crippen MR) is 93.9 cm³/mol. The molecular formula is C19H27N3O. The van der Waals surface area contributed by atoms with Crippen LogP contribution in [-0.2, 0) is 0 Å². The summed E-state index contributed by atoms with van der Waals surface area (Å²) < 4.78 is 0. The van der Waals surface area contributed by atoms with Gasteiger partial charge in [-0.1, -0.05) is 31.2 Å². The zero-order valence-electron chi connectivity index (χ0n) is 13.9. The molecular weight excluding hydrogens is 286 g/mol. The first kappa shape index (κ1) is 17.7. The Morgan fingerprint density at radius 1 is 1.35 bits per heavy atom. The molecule has 1 atom stereocenters. The van der Waals surface area contributed by atoms with E-state index in [2.05, 4.69) is 23.2 Å². The summed E-state index contributed by atoms with van der Waals surface area (Å²) in [5.74, 6) is 0.828. The molecule has 1 aromatic rings. The first-order chi connectivity index (χ1) is 11.2. The summed E-state index contributed by atoms with van der Waals surface area (Å²) in [5.41, 5.74) is 1.75. The molecule has 4 heteroatoms. The fourth-order valence-electron chi connectivity index (χ4n) is 2.80. The highest BCUT2D eigenvalue weighted by Gasteiger charge is 2.17. The molecule has 0 amide bonds. The van der Waals surface area contributed by atoms with Crippen LogP contribution in [0.15, 0.2) is 30.3 Å². The van der Waals surface area contributed by atoms with E-state index in [4.69, 9.17) is 5.26 Å². The lowest BCUT2D eigenvalue weighted by atomic mass is 9.99. The topological polar surface area (TPSA) is 59.3 Å². The number of aliphatic hydroxyl groups excluding tert-OH is 1. The van der Waals surface area contributed by atoms with Gasteiger partial charge in [-0.2, -0.15) is 5.26 Å². The minimum Gasteiger partial charge on any atom is -0.390 e. The van der Waals surface area contributed by atoms with Crippen molar-refractivity contribution in [1.29, 1.82) is 5.26 Å². The van der Waals surface area contributed by atoms with Crippen molar-refractivity contribution in [3.8, 4) is 6.07 Å². The predicted octanol–water partition coefficient (Wildman–Crippen LogP) is 2.25. The highest BCUT2D eigenvalue weighted by Crippen LogP contribution is 2.15. The second-order valence-electron chi connectivity index (χ2n) is 6.43. The fourth-order valence-corrected chi connectivity index (χ4v) is 2.80. The molecule has 1 saturated heterocycles. The number of piperidine rings is 1. The van der Waals surface area contributed by atoms with Gasteiger partial charge in [0.15, 0.2) is 0 Å². The van der Waals surface area contributed by atoms with Crippen molar-refractivity contribution in [1.82, 2.24) is 10.2 Å². The summed E-state index contributed by atoms with van der Waals surface area (Å²) >= 11 is 0. The summed E-state index contributed by atoms with van der Waals surface area (Å²) in [6, 6.07) is 9.61. The molecule has 1 heterocycles. The molecule has 23 heavy (non-hydrogen) atoms. The minimum atomic E-state index is -0.313. The molecule has 0 saturated carbocycles. The second kappa shape index (κ2) is 9.46. The maximum Gasteiger partial charge on any atom is 0.0991 e. The average molecular weight is 313 g/mol. The van der Waals surface area contributed by atoms with Gasteiger partial charge in [0.05, 0.1) is 17.7 Å². The molecule has 0 radical (unpaired) electrons. The molecule has 2 N–H and O–H groups in total. The van der Waals surface area contributed by atoms with E-state index in [1.165, 1.54) is 12.8 Å². The first-order valence-electron chi connectivity index (χ1n) is 8.45. The van der Waals surface area contributed by atoms with E-state index in [0.29, 0.717) is 12.1 Å². The van der Waals surface area contributed by atoms with Crippen molar-refractivity contribution in [3.05, 3.63) is 41.5 Å². The van der Waals surface area contributed by atoms with Crippen molar-refractivity contribution in [3.63, 3.8) is 0 Å². The van der Waals surface area contributed by atoms with E-state index in [9.17, 15) is 5.11 Å². The van der Waals surface area contributed by atoms with Gasteiger partial charge in [-0.3, -0.25) is 0 Å². The van der Waals surface area contributed by atoms with E-state index < -0.39 is 0 Å². The highest BCUT2D eigenvalue weighted by molar-refractivity contribution is 5.51. The van der Waals surface area contributed by atoms with E-state index in [1.54, 1.807) is 0 Å². The standard InChI is InChI=1S/C19H27N3O/c1-16-8-11-22(12-9-16)15-19(23)14-21-10-2-3-17-4-6-18(13-20)7-5-17/h2-7,16,19,21,23H,8-12,14-15H2,1H3/b3-2+. The van der Waals surface area contributed by atoms with E-state index >= 15 is 0 Å². The maximum atomic E-state index is 10.1. The van der Waals surface area contributed by atoms with Crippen molar-refractivity contribution in [2.45, 2.75) is 25.9 Å². The van der Waals surface area contributed by atoms with Crippen LogP contribution in [0, 0.1) is 17.2 Å². The monoisotopic (exact) mass is 313 g/mol. The zero-order chi connectivity index (χ0) is 16.5. The summed E-state index contributed by atoms with van der Waals surface area (Å²) in [4.78, 5) is 2.36. The van der Waals surface area contributed by atoms with Crippen LogP contribution >= 0.6 is 0 Å². The Balaban J connectivity index is 1.60. The van der Waals surface area contributed by atoms with Gasteiger partial charge in [-0.15, -0.1) is 0 Å². The normalized spacial score (nSPS) is 18.1. The summed E-state index contributed by atoms with van der Waals surface area (Å²) in [6.45, 7) is 6.63. The van der Waals surface area contributed by atoms with Crippen LogP contribution in [0.1, 0.15) is 30.9 Å². The Labute approximate surface area is 139 Å². The van der Waals surface area contributed by atoms with Crippen molar-refractivity contribution in [2.75, 3.05) is 32.7 Å². The summed E-state index contributed by atoms with van der Waals surface area (Å²) in [7, 11) is 0. The lowest BCUT2D eigenvalue weighted by Gasteiger charge is -2.31. The van der Waals surface area contributed by atoms with E-state index in [0.717, 1.165) is 37.7 Å². The van der Waals surface area contributed by atoms with Crippen LogP contribution < -0.4 is 5.32 Å². The lowest BCUT2D eigenvalue weighted by Crippen LogP contribution is -2.41. The molecule has 4 nitrogen and oxygen atoms in total. The zero-order valence-corrected chi connectivity index (χ0v) is 13.9. The van der Waals surface area contributed by atoms with Crippen molar-refractivity contribution < 1.29 is 5.11 Å². The Morgan fingerprint density at radius 2 is 2.04 bits per heavy atom. The van der Waals surface area contributed by atoms with Crippen molar-refractivity contribution >= 4 is 6.08 Å². The number of nitriles is 1. The minimum absolute atomic E-state index is 0.313. The Bertz CT molecular complexity index is 525. The van der Waals surface area contributed by atoms with Crippen LogP contribution in [0.4, 0.5) is 0 Å². The third-order valence-corrected chi connectivity index (χ3v) is 4.34. The SMILES string of the molecule is CC1CCN(CC(O)CNC/C=C/c2ccc(C#N)cc2)CC1. The van der Waals surface area contributed by atoms with Crippen molar-refractivity contribution in [2.24, 2.45) is 5.92 Å². The number of benzene rings is 1. The number of aliphatic hydroxyl groups is 1. The van der Waals surface area contributed by atoms with Crippen LogP contribution in [0.2, 0.25) is 0 Å². The quantitative estimate of drug-likeness (QED) is 0.758. The highest BCUT2D eigenvalue weighted by atomic mass is 16.3. The number of nitrogens with zero attached hydrogens (tertiary/aromatic N) is 2. The molecule has 0 spiro atoms. The van der Waals surface area contributed by atoms with Crippen LogP contribution in [0.25, 0.3) is 6.08 Å². The van der Waals surface area contributed by atoms with Crippen LogP contribution in [0.5, 0.6) is 0 Å². The fraction of sp³-hybridized carbons (Fsp3) is 0.526. The van der Waals surface area contributed by atoms with Gasteiger partial charge in [0.1, 0.15) is 0 Å². The number of rotatable bonds is 7. The third kappa shape index (κ3) is 6.54.